The van der Waals surface area contributed by atoms with Gasteiger partial charge in [0.1, 0.15) is 5.54 Å². The average molecular weight is 259 g/mol. The molecule has 1 heterocycles. The van der Waals surface area contributed by atoms with Crippen LogP contribution in [0.1, 0.15) is 32.6 Å². The minimum Gasteiger partial charge on any atom is -0.480 e. The van der Waals surface area contributed by atoms with Crippen LogP contribution >= 0.6 is 0 Å². The second kappa shape index (κ2) is 7.71. The van der Waals surface area contributed by atoms with Gasteiger partial charge in [-0.15, -0.1) is 0 Å². The molecule has 1 rings (SSSR count). The number of carbonyl (C=O) groups is 1. The topological polar surface area (TPSA) is 67.8 Å². The number of carboxylic acid groups (broad SMARTS) is 1. The summed E-state index contributed by atoms with van der Waals surface area (Å²) in [5, 5.41) is 11.9. The maximum absolute atomic E-state index is 11.0. The summed E-state index contributed by atoms with van der Waals surface area (Å²) in [6.45, 7) is 4.86. The van der Waals surface area contributed by atoms with Crippen molar-refractivity contribution in [2.75, 3.05) is 33.5 Å². The van der Waals surface area contributed by atoms with Gasteiger partial charge in [0.25, 0.3) is 0 Å². The largest absolute Gasteiger partial charge is 0.480 e. The van der Waals surface area contributed by atoms with Crippen molar-refractivity contribution < 1.29 is 19.4 Å². The molecule has 106 valence electrons. The van der Waals surface area contributed by atoms with Gasteiger partial charge in [-0.25, -0.2) is 0 Å². The van der Waals surface area contributed by atoms with Gasteiger partial charge in [-0.1, -0.05) is 0 Å². The third kappa shape index (κ3) is 4.92. The van der Waals surface area contributed by atoms with Crippen LogP contribution in [0.25, 0.3) is 0 Å². The van der Waals surface area contributed by atoms with Gasteiger partial charge in [-0.3, -0.25) is 4.79 Å². The Balaban J connectivity index is 2.02. The molecule has 5 heteroatoms. The molecule has 0 radical (unpaired) electrons. The van der Waals surface area contributed by atoms with Gasteiger partial charge in [0.15, 0.2) is 0 Å². The molecule has 0 aromatic heterocycles. The minimum atomic E-state index is -0.820. The van der Waals surface area contributed by atoms with E-state index < -0.39 is 11.5 Å². The highest BCUT2D eigenvalue weighted by Gasteiger charge is 2.30. The molecular weight excluding hydrogens is 234 g/mol. The molecule has 2 N–H and O–H groups in total. The molecule has 0 aromatic carbocycles. The maximum atomic E-state index is 11.0. The Morgan fingerprint density at radius 1 is 1.56 bits per heavy atom. The lowest BCUT2D eigenvalue weighted by Crippen LogP contribution is -2.47. The fraction of sp³-hybridized carbons (Fsp3) is 0.923. The van der Waals surface area contributed by atoms with E-state index in [1.165, 1.54) is 0 Å². The Hall–Kier alpha value is -0.650. The SMILES string of the molecule is CNC(C)(CCCCOCC1CCOC1)C(=O)O. The van der Waals surface area contributed by atoms with E-state index in [1.807, 2.05) is 0 Å². The summed E-state index contributed by atoms with van der Waals surface area (Å²) in [7, 11) is 1.69. The number of aliphatic carboxylic acids is 1. The highest BCUT2D eigenvalue weighted by Crippen LogP contribution is 2.15. The Labute approximate surface area is 109 Å². The smallest absolute Gasteiger partial charge is 0.323 e. The standard InChI is InChI=1S/C13H25NO4/c1-13(14-2,12(15)16)6-3-4-7-17-9-11-5-8-18-10-11/h11,14H,3-10H2,1-2H3,(H,15,16). The molecule has 0 spiro atoms. The van der Waals surface area contributed by atoms with Crippen LogP contribution in [0.4, 0.5) is 0 Å². The van der Waals surface area contributed by atoms with Crippen molar-refractivity contribution in [1.82, 2.24) is 5.32 Å². The van der Waals surface area contributed by atoms with Crippen LogP contribution < -0.4 is 5.32 Å². The minimum absolute atomic E-state index is 0.548. The van der Waals surface area contributed by atoms with E-state index in [1.54, 1.807) is 14.0 Å². The first-order chi connectivity index (χ1) is 8.58. The molecule has 1 aliphatic heterocycles. The van der Waals surface area contributed by atoms with Crippen LogP contribution in [0.3, 0.4) is 0 Å². The first-order valence-corrected chi connectivity index (χ1v) is 6.66. The molecule has 0 aliphatic carbocycles. The van der Waals surface area contributed by atoms with E-state index in [0.717, 1.165) is 39.1 Å². The molecule has 0 aromatic rings. The maximum Gasteiger partial charge on any atom is 0.323 e. The number of nitrogens with one attached hydrogen (secondary N) is 1. The molecule has 1 aliphatic rings. The van der Waals surface area contributed by atoms with Crippen LogP contribution in [0, 0.1) is 5.92 Å². The van der Waals surface area contributed by atoms with Crippen molar-refractivity contribution in [3.05, 3.63) is 0 Å². The van der Waals surface area contributed by atoms with Crippen LogP contribution in [-0.4, -0.2) is 50.1 Å². The lowest BCUT2D eigenvalue weighted by molar-refractivity contribution is -0.144. The van der Waals surface area contributed by atoms with E-state index >= 15 is 0 Å². The first kappa shape index (κ1) is 15.4. The zero-order chi connectivity index (χ0) is 13.4. The molecule has 5 nitrogen and oxygen atoms in total. The van der Waals surface area contributed by atoms with E-state index in [4.69, 9.17) is 14.6 Å². The quantitative estimate of drug-likeness (QED) is 0.610. The predicted octanol–water partition coefficient (Wildman–Crippen LogP) is 1.27. The summed E-state index contributed by atoms with van der Waals surface area (Å²) in [4.78, 5) is 11.0. The van der Waals surface area contributed by atoms with Crippen LogP contribution in [0.2, 0.25) is 0 Å². The number of hydrogen-bond acceptors (Lipinski definition) is 4. The van der Waals surface area contributed by atoms with Crippen molar-refractivity contribution in [2.45, 2.75) is 38.1 Å². The Kier molecular flexibility index (Phi) is 6.60. The van der Waals surface area contributed by atoms with Gasteiger partial charge in [0, 0.05) is 19.1 Å². The van der Waals surface area contributed by atoms with Crippen molar-refractivity contribution >= 4 is 5.97 Å². The summed E-state index contributed by atoms with van der Waals surface area (Å²) in [5.41, 5.74) is -0.820. The highest BCUT2D eigenvalue weighted by atomic mass is 16.5. The first-order valence-electron chi connectivity index (χ1n) is 6.66. The van der Waals surface area contributed by atoms with Crippen LogP contribution in [-0.2, 0) is 14.3 Å². The molecular formula is C13H25NO4. The van der Waals surface area contributed by atoms with E-state index in [2.05, 4.69) is 5.32 Å². The summed E-state index contributed by atoms with van der Waals surface area (Å²) in [5.74, 6) is -0.249. The fourth-order valence-corrected chi connectivity index (χ4v) is 1.99. The van der Waals surface area contributed by atoms with Gasteiger partial charge in [-0.2, -0.15) is 0 Å². The molecule has 0 bridgehead atoms. The average Bonchev–Trinajstić information content (AvgIpc) is 2.86. The van der Waals surface area contributed by atoms with Crippen LogP contribution in [0.5, 0.6) is 0 Å². The second-order valence-corrected chi connectivity index (χ2v) is 5.15. The van der Waals surface area contributed by atoms with Gasteiger partial charge < -0.3 is 19.9 Å². The molecule has 1 saturated heterocycles. The summed E-state index contributed by atoms with van der Waals surface area (Å²) >= 11 is 0. The molecule has 0 saturated carbocycles. The number of rotatable bonds is 9. The number of hydrogen-bond donors (Lipinski definition) is 2. The number of unbranched alkanes of at least 4 members (excludes halogenated alkanes) is 1. The Morgan fingerprint density at radius 3 is 2.89 bits per heavy atom. The van der Waals surface area contributed by atoms with Crippen molar-refractivity contribution in [3.8, 4) is 0 Å². The Morgan fingerprint density at radius 2 is 2.33 bits per heavy atom. The number of ether oxygens (including phenoxy) is 2. The lowest BCUT2D eigenvalue weighted by atomic mass is 9.95. The molecule has 2 atom stereocenters. The normalized spacial score (nSPS) is 22.9. The molecule has 1 fully saturated rings. The van der Waals surface area contributed by atoms with E-state index in [9.17, 15) is 4.79 Å². The van der Waals surface area contributed by atoms with Crippen molar-refractivity contribution in [2.24, 2.45) is 5.92 Å². The van der Waals surface area contributed by atoms with Gasteiger partial charge >= 0.3 is 5.97 Å². The van der Waals surface area contributed by atoms with E-state index in [0.29, 0.717) is 18.9 Å². The van der Waals surface area contributed by atoms with Crippen molar-refractivity contribution in [3.63, 3.8) is 0 Å². The number of likely N-dealkylation sites (N-methyl/N-ethyl adjacent to an activating group) is 1. The number of carboxylic acids is 1. The molecule has 0 amide bonds. The fourth-order valence-electron chi connectivity index (χ4n) is 1.99. The van der Waals surface area contributed by atoms with Gasteiger partial charge in [0.2, 0.25) is 0 Å². The zero-order valence-electron chi connectivity index (χ0n) is 11.4. The van der Waals surface area contributed by atoms with Gasteiger partial charge in [-0.05, 0) is 39.7 Å². The molecule has 2 unspecified atom stereocenters. The third-order valence-corrected chi connectivity index (χ3v) is 3.62. The lowest BCUT2D eigenvalue weighted by Gasteiger charge is -2.23. The zero-order valence-corrected chi connectivity index (χ0v) is 11.4. The summed E-state index contributed by atoms with van der Waals surface area (Å²) in [6, 6.07) is 0. The predicted molar refractivity (Wildman–Crippen MR) is 68.7 cm³/mol. The molecule has 18 heavy (non-hydrogen) atoms. The Bertz CT molecular complexity index is 253. The second-order valence-electron chi connectivity index (χ2n) is 5.15. The van der Waals surface area contributed by atoms with Gasteiger partial charge in [0.05, 0.1) is 13.2 Å². The third-order valence-electron chi connectivity index (χ3n) is 3.62. The summed E-state index contributed by atoms with van der Waals surface area (Å²) in [6.07, 6.45) is 3.47. The summed E-state index contributed by atoms with van der Waals surface area (Å²) < 4.78 is 10.8. The van der Waals surface area contributed by atoms with Crippen molar-refractivity contribution in [1.29, 1.82) is 0 Å². The highest BCUT2D eigenvalue weighted by molar-refractivity contribution is 5.78. The van der Waals surface area contributed by atoms with Crippen LogP contribution in [0.15, 0.2) is 0 Å². The van der Waals surface area contributed by atoms with E-state index in [-0.39, 0.29) is 0 Å². The monoisotopic (exact) mass is 259 g/mol.